The zero-order valence-corrected chi connectivity index (χ0v) is 15.2. The summed E-state index contributed by atoms with van der Waals surface area (Å²) in [5, 5.41) is 0. The van der Waals surface area contributed by atoms with E-state index in [0.29, 0.717) is 12.2 Å². The summed E-state index contributed by atoms with van der Waals surface area (Å²) in [4.78, 5) is 20.1. The fourth-order valence-electron chi connectivity index (χ4n) is 0.662. The van der Waals surface area contributed by atoms with E-state index in [0.717, 1.165) is 0 Å². The van der Waals surface area contributed by atoms with Crippen LogP contribution in [0.25, 0.3) is 0 Å². The number of carbonyl (C=O) groups is 2. The summed E-state index contributed by atoms with van der Waals surface area (Å²) < 4.78 is 10.7. The third-order valence-electron chi connectivity index (χ3n) is 1.30. The van der Waals surface area contributed by atoms with E-state index in [1.54, 1.807) is 0 Å². The molecule has 0 N–H and O–H groups in total. The van der Waals surface area contributed by atoms with Crippen LogP contribution in [0.1, 0.15) is 48.0 Å². The number of rotatable bonds is 6. The van der Waals surface area contributed by atoms with Crippen molar-refractivity contribution in [3.63, 3.8) is 0 Å². The van der Waals surface area contributed by atoms with E-state index >= 15 is 0 Å². The van der Waals surface area contributed by atoms with Gasteiger partial charge in [-0.15, -0.1) is 0 Å². The molecule has 0 aliphatic heterocycles. The quantitative estimate of drug-likeness (QED) is 0.694. The molecule has 5 heteroatoms. The van der Waals surface area contributed by atoms with Gasteiger partial charge in [-0.3, -0.25) is 9.59 Å². The first kappa shape index (κ1) is 18.5. The van der Waals surface area contributed by atoms with E-state index in [1.165, 1.54) is 13.8 Å². The molecule has 0 unspecified atom stereocenters. The summed E-state index contributed by atoms with van der Waals surface area (Å²) in [5.74, 6) is -0.125. The van der Waals surface area contributed by atoms with Gasteiger partial charge in [0.2, 0.25) is 0 Å². The van der Waals surface area contributed by atoms with Crippen LogP contribution in [-0.4, -0.2) is 47.6 Å². The number of ketones is 2. The molecule has 0 saturated carbocycles. The van der Waals surface area contributed by atoms with Gasteiger partial charge < -0.3 is 0 Å². The summed E-state index contributed by atoms with van der Waals surface area (Å²) >= 11 is -1.24. The summed E-state index contributed by atoms with van der Waals surface area (Å²) in [6.07, 6.45) is 0.805. The van der Waals surface area contributed by atoms with Crippen molar-refractivity contribution in [2.45, 2.75) is 60.2 Å². The van der Waals surface area contributed by atoms with Crippen molar-refractivity contribution < 1.29 is 15.3 Å². The van der Waals surface area contributed by atoms with Gasteiger partial charge in [-0.1, -0.05) is 0 Å². The second-order valence-electron chi connectivity index (χ2n) is 4.13. The fraction of sp³-hybridized carbons (Fsp3) is 0.818. The van der Waals surface area contributed by atoms with Gasteiger partial charge in [-0.2, -0.15) is 0 Å². The van der Waals surface area contributed by atoms with Gasteiger partial charge in [0.25, 0.3) is 0 Å². The van der Waals surface area contributed by atoms with Gasteiger partial charge in [-0.25, -0.2) is 0 Å². The van der Waals surface area contributed by atoms with E-state index in [9.17, 15) is 9.59 Å². The molecular weight excluding hydrogens is 311 g/mol. The predicted octanol–water partition coefficient (Wildman–Crippen LogP) is 1.66. The Morgan fingerprint density at radius 1 is 0.938 bits per heavy atom. The molecule has 0 aromatic rings. The summed E-state index contributed by atoms with van der Waals surface area (Å²) in [6, 6.07) is 0. The molecule has 0 aliphatic carbocycles. The van der Waals surface area contributed by atoms with Crippen molar-refractivity contribution in [2.75, 3.05) is 0 Å². The normalized spacial score (nSPS) is 9.75. The minimum atomic E-state index is -1.24. The zero-order valence-electron chi connectivity index (χ0n) is 11.2. The minimum absolute atomic E-state index is 0.0625. The first-order valence-electron chi connectivity index (χ1n) is 5.47. The molecule has 0 bridgehead atoms. The molecule has 0 heterocycles. The Morgan fingerprint density at radius 3 is 1.38 bits per heavy atom. The van der Waals surface area contributed by atoms with Crippen LogP contribution in [0.15, 0.2) is 0 Å². The Hall–Kier alpha value is 0.130. The molecule has 16 heavy (non-hydrogen) atoms. The third kappa shape index (κ3) is 23.7. The standard InChI is InChI=1S/C5H8O2.2C3H7O.In.H/c1-4(6)3-5(2)7;2*1-3(2)4;;/h3H2,1-2H3;2*3H,1-2H3;;/q;2*-1;+2;. The van der Waals surface area contributed by atoms with Crippen molar-refractivity contribution in [1.29, 1.82) is 0 Å². The average Bonchev–Trinajstić information content (AvgIpc) is 2.00. The van der Waals surface area contributed by atoms with E-state index < -0.39 is 23.8 Å². The van der Waals surface area contributed by atoms with E-state index in [-0.39, 0.29) is 18.0 Å². The molecule has 0 amide bonds. The second-order valence-corrected chi connectivity index (χ2v) is 6.70. The number of hydrogen-bond donors (Lipinski definition) is 0. The zero-order chi connectivity index (χ0) is 13.1. The third-order valence-corrected chi connectivity index (χ3v) is 5.88. The van der Waals surface area contributed by atoms with Crippen LogP contribution >= 0.6 is 0 Å². The van der Waals surface area contributed by atoms with Crippen LogP contribution in [0.3, 0.4) is 0 Å². The van der Waals surface area contributed by atoms with Gasteiger partial charge in [-0.05, 0) is 13.8 Å². The van der Waals surface area contributed by atoms with Gasteiger partial charge in [0.05, 0.1) is 6.42 Å². The SMILES string of the molecule is CC(=O)CC(C)=O.CC(C)[O][InH][O]C(C)C. The Balaban J connectivity index is 0. The van der Waals surface area contributed by atoms with Crippen LogP contribution in [0.2, 0.25) is 0 Å². The van der Waals surface area contributed by atoms with Crippen LogP contribution in [-0.2, 0) is 15.3 Å². The molecule has 0 aliphatic rings. The molecule has 0 spiro atoms. The summed E-state index contributed by atoms with van der Waals surface area (Å²) in [7, 11) is 0. The maximum atomic E-state index is 10.0. The van der Waals surface area contributed by atoms with Crippen molar-refractivity contribution >= 4 is 35.3 Å². The monoisotopic (exact) mass is 334 g/mol. The van der Waals surface area contributed by atoms with Crippen LogP contribution < -0.4 is 0 Å². The number of carbonyl (C=O) groups excluding carboxylic acids is 2. The van der Waals surface area contributed by atoms with Crippen molar-refractivity contribution in [3.8, 4) is 0 Å². The summed E-state index contributed by atoms with van der Waals surface area (Å²) in [6.45, 7) is 11.0. The first-order chi connectivity index (χ1) is 7.25. The van der Waals surface area contributed by atoms with Crippen molar-refractivity contribution in [2.24, 2.45) is 0 Å². The Morgan fingerprint density at radius 2 is 1.25 bits per heavy atom. The van der Waals surface area contributed by atoms with Gasteiger partial charge in [0, 0.05) is 0 Å². The van der Waals surface area contributed by atoms with Crippen LogP contribution in [0.4, 0.5) is 0 Å². The number of hydrogen-bond acceptors (Lipinski definition) is 4. The van der Waals surface area contributed by atoms with Crippen molar-refractivity contribution in [3.05, 3.63) is 0 Å². The van der Waals surface area contributed by atoms with Gasteiger partial charge in [0.1, 0.15) is 11.6 Å². The van der Waals surface area contributed by atoms with Gasteiger partial charge in [0.15, 0.2) is 0 Å². The first-order valence-corrected chi connectivity index (χ1v) is 8.77. The molecule has 94 valence electrons. The predicted molar refractivity (Wildman–Crippen MR) is 65.6 cm³/mol. The molecule has 0 radical (unpaired) electrons. The molecule has 0 saturated heterocycles. The van der Waals surface area contributed by atoms with Crippen molar-refractivity contribution in [1.82, 2.24) is 0 Å². The molecule has 0 rings (SSSR count). The van der Waals surface area contributed by atoms with Gasteiger partial charge >= 0.3 is 69.4 Å². The fourth-order valence-corrected chi connectivity index (χ4v) is 2.44. The van der Waals surface area contributed by atoms with Crippen LogP contribution in [0, 0.1) is 0 Å². The molecule has 0 fully saturated rings. The second kappa shape index (κ2) is 11.6. The Kier molecular flexibility index (Phi) is 13.4. The molecule has 0 atom stereocenters. The molecular formula is C11H23InO4. The van der Waals surface area contributed by atoms with E-state index in [4.69, 9.17) is 5.71 Å². The Bertz CT molecular complexity index is 182. The number of Topliss-reactive ketones (excluding diaryl/α,β-unsaturated/α-hetero) is 2. The molecule has 0 aromatic heterocycles. The molecule has 4 nitrogen and oxygen atoms in total. The van der Waals surface area contributed by atoms with Crippen LogP contribution in [0.5, 0.6) is 0 Å². The summed E-state index contributed by atoms with van der Waals surface area (Å²) in [5.41, 5.74) is 0. The van der Waals surface area contributed by atoms with E-state index in [2.05, 4.69) is 0 Å². The Labute approximate surface area is 111 Å². The van der Waals surface area contributed by atoms with E-state index in [1.807, 2.05) is 27.7 Å². The maximum absolute atomic E-state index is 10.0. The average molecular weight is 334 g/mol. The topological polar surface area (TPSA) is 52.6 Å². The molecule has 0 aromatic carbocycles.